The normalized spacial score (nSPS) is 28.0. The Hall–Kier alpha value is -0.0800. The topological polar surface area (TPSA) is 24.6 Å². The Morgan fingerprint density at radius 1 is 1.78 bits per heavy atom. The molecule has 0 amide bonds. The van der Waals surface area contributed by atoms with Crippen molar-refractivity contribution in [1.82, 2.24) is 5.32 Å². The number of ether oxygens (including phenoxy) is 1. The van der Waals surface area contributed by atoms with E-state index in [1.165, 1.54) is 6.42 Å². The SMILES string of the molecule is CCC(C)NCC1CO1. The molecule has 1 aliphatic rings. The van der Waals surface area contributed by atoms with Gasteiger partial charge in [0.1, 0.15) is 0 Å². The molecule has 1 saturated heterocycles. The Morgan fingerprint density at radius 3 is 2.89 bits per heavy atom. The van der Waals surface area contributed by atoms with Crippen molar-refractivity contribution in [3.8, 4) is 0 Å². The van der Waals surface area contributed by atoms with Gasteiger partial charge in [-0.3, -0.25) is 0 Å². The summed E-state index contributed by atoms with van der Waals surface area (Å²) in [6.45, 7) is 6.38. The summed E-state index contributed by atoms with van der Waals surface area (Å²) in [5, 5.41) is 3.37. The molecule has 0 aliphatic carbocycles. The maximum atomic E-state index is 5.04. The highest BCUT2D eigenvalue weighted by Gasteiger charge is 2.21. The van der Waals surface area contributed by atoms with Gasteiger partial charge >= 0.3 is 0 Å². The molecule has 54 valence electrons. The quantitative estimate of drug-likeness (QED) is 0.567. The summed E-state index contributed by atoms with van der Waals surface area (Å²) in [6, 6.07) is 0.647. The van der Waals surface area contributed by atoms with Crippen LogP contribution in [0.5, 0.6) is 0 Å². The fourth-order valence-electron chi connectivity index (χ4n) is 0.663. The lowest BCUT2D eigenvalue weighted by Crippen LogP contribution is -2.28. The second-order valence-corrected chi connectivity index (χ2v) is 2.67. The zero-order chi connectivity index (χ0) is 6.69. The van der Waals surface area contributed by atoms with E-state index < -0.39 is 0 Å². The van der Waals surface area contributed by atoms with Crippen LogP contribution in [0.1, 0.15) is 20.3 Å². The van der Waals surface area contributed by atoms with E-state index in [-0.39, 0.29) is 0 Å². The summed E-state index contributed by atoms with van der Waals surface area (Å²) in [4.78, 5) is 0. The van der Waals surface area contributed by atoms with Crippen LogP contribution in [0, 0.1) is 0 Å². The van der Waals surface area contributed by atoms with Crippen LogP contribution in [-0.4, -0.2) is 25.3 Å². The van der Waals surface area contributed by atoms with E-state index >= 15 is 0 Å². The molecule has 1 heterocycles. The highest BCUT2D eigenvalue weighted by molar-refractivity contribution is 4.73. The molecule has 0 aromatic carbocycles. The van der Waals surface area contributed by atoms with Crippen molar-refractivity contribution < 1.29 is 4.74 Å². The third-order valence-electron chi connectivity index (χ3n) is 1.71. The first kappa shape index (κ1) is 7.03. The van der Waals surface area contributed by atoms with Gasteiger partial charge in [-0.05, 0) is 13.3 Å². The smallest absolute Gasteiger partial charge is 0.0934 e. The summed E-state index contributed by atoms with van der Waals surface area (Å²) in [6.07, 6.45) is 1.73. The lowest BCUT2D eigenvalue weighted by atomic mass is 10.2. The predicted octanol–water partition coefficient (Wildman–Crippen LogP) is 0.773. The van der Waals surface area contributed by atoms with E-state index in [0.717, 1.165) is 13.2 Å². The van der Waals surface area contributed by atoms with E-state index in [2.05, 4.69) is 19.2 Å². The molecule has 0 saturated carbocycles. The van der Waals surface area contributed by atoms with E-state index in [4.69, 9.17) is 4.74 Å². The average molecular weight is 129 g/mol. The van der Waals surface area contributed by atoms with Crippen LogP contribution >= 0.6 is 0 Å². The fraction of sp³-hybridized carbons (Fsp3) is 1.00. The van der Waals surface area contributed by atoms with Crippen LogP contribution in [0.25, 0.3) is 0 Å². The molecule has 1 N–H and O–H groups in total. The molecule has 2 unspecified atom stereocenters. The Kier molecular flexibility index (Phi) is 2.49. The first-order chi connectivity index (χ1) is 4.33. The molecule has 0 spiro atoms. The van der Waals surface area contributed by atoms with E-state index in [1.54, 1.807) is 0 Å². The third-order valence-corrected chi connectivity index (χ3v) is 1.71. The molecule has 1 rings (SSSR count). The van der Waals surface area contributed by atoms with Gasteiger partial charge in [0.15, 0.2) is 0 Å². The molecule has 0 aromatic heterocycles. The lowest BCUT2D eigenvalue weighted by molar-refractivity contribution is 0.384. The van der Waals surface area contributed by atoms with Gasteiger partial charge in [-0.15, -0.1) is 0 Å². The minimum atomic E-state index is 0.527. The molecular formula is C7H15NO. The Bertz CT molecular complexity index is 81.0. The van der Waals surface area contributed by atoms with E-state index in [0.29, 0.717) is 12.1 Å². The van der Waals surface area contributed by atoms with Gasteiger partial charge < -0.3 is 10.1 Å². The molecule has 2 heteroatoms. The van der Waals surface area contributed by atoms with Crippen molar-refractivity contribution >= 4 is 0 Å². The van der Waals surface area contributed by atoms with Gasteiger partial charge in [0, 0.05) is 12.6 Å². The summed E-state index contributed by atoms with van der Waals surface area (Å²) in [7, 11) is 0. The second kappa shape index (κ2) is 3.18. The highest BCUT2D eigenvalue weighted by atomic mass is 16.6. The van der Waals surface area contributed by atoms with E-state index in [9.17, 15) is 0 Å². The maximum Gasteiger partial charge on any atom is 0.0934 e. The standard InChI is InChI=1S/C7H15NO/c1-3-6(2)8-4-7-5-9-7/h6-8H,3-5H2,1-2H3. The Labute approximate surface area is 56.6 Å². The first-order valence-electron chi connectivity index (χ1n) is 3.68. The molecule has 2 nitrogen and oxygen atoms in total. The summed E-state index contributed by atoms with van der Waals surface area (Å²) >= 11 is 0. The molecule has 1 aliphatic heterocycles. The molecule has 9 heavy (non-hydrogen) atoms. The second-order valence-electron chi connectivity index (χ2n) is 2.67. The van der Waals surface area contributed by atoms with Crippen molar-refractivity contribution in [3.05, 3.63) is 0 Å². The van der Waals surface area contributed by atoms with Crippen molar-refractivity contribution in [3.63, 3.8) is 0 Å². The molecule has 0 aromatic rings. The molecule has 1 fully saturated rings. The fourth-order valence-corrected chi connectivity index (χ4v) is 0.663. The van der Waals surface area contributed by atoms with E-state index in [1.807, 2.05) is 0 Å². The molecule has 0 radical (unpaired) electrons. The highest BCUT2D eigenvalue weighted by Crippen LogP contribution is 2.06. The van der Waals surface area contributed by atoms with Crippen LogP contribution < -0.4 is 5.32 Å². The van der Waals surface area contributed by atoms with Gasteiger partial charge in [-0.2, -0.15) is 0 Å². The zero-order valence-electron chi connectivity index (χ0n) is 6.18. The third kappa shape index (κ3) is 2.82. The lowest BCUT2D eigenvalue weighted by Gasteiger charge is -2.08. The number of epoxide rings is 1. The number of nitrogens with one attached hydrogen (secondary N) is 1. The monoisotopic (exact) mass is 129 g/mol. The average Bonchev–Trinajstić information content (AvgIpc) is 2.65. The largest absolute Gasteiger partial charge is 0.372 e. The van der Waals surface area contributed by atoms with Crippen LogP contribution in [0.2, 0.25) is 0 Å². The summed E-state index contributed by atoms with van der Waals surface area (Å²) < 4.78 is 5.04. The predicted molar refractivity (Wildman–Crippen MR) is 37.5 cm³/mol. The Morgan fingerprint density at radius 2 is 2.44 bits per heavy atom. The number of hydrogen-bond acceptors (Lipinski definition) is 2. The summed E-state index contributed by atoms with van der Waals surface area (Å²) in [5.74, 6) is 0. The van der Waals surface area contributed by atoms with Gasteiger partial charge in [-0.25, -0.2) is 0 Å². The van der Waals surface area contributed by atoms with Gasteiger partial charge in [-0.1, -0.05) is 6.92 Å². The summed E-state index contributed by atoms with van der Waals surface area (Å²) in [5.41, 5.74) is 0. The van der Waals surface area contributed by atoms with Crippen LogP contribution in [-0.2, 0) is 4.74 Å². The van der Waals surface area contributed by atoms with Crippen molar-refractivity contribution in [1.29, 1.82) is 0 Å². The van der Waals surface area contributed by atoms with Gasteiger partial charge in [0.05, 0.1) is 12.7 Å². The van der Waals surface area contributed by atoms with Gasteiger partial charge in [0.25, 0.3) is 0 Å². The first-order valence-corrected chi connectivity index (χ1v) is 3.68. The van der Waals surface area contributed by atoms with Crippen molar-refractivity contribution in [2.45, 2.75) is 32.4 Å². The number of rotatable bonds is 4. The van der Waals surface area contributed by atoms with Gasteiger partial charge in [0.2, 0.25) is 0 Å². The van der Waals surface area contributed by atoms with Crippen molar-refractivity contribution in [2.24, 2.45) is 0 Å². The minimum Gasteiger partial charge on any atom is -0.372 e. The zero-order valence-corrected chi connectivity index (χ0v) is 6.18. The molecule has 0 bridgehead atoms. The minimum absolute atomic E-state index is 0.527. The number of hydrogen-bond donors (Lipinski definition) is 1. The van der Waals surface area contributed by atoms with Crippen LogP contribution in [0.15, 0.2) is 0 Å². The molecular weight excluding hydrogens is 114 g/mol. The maximum absolute atomic E-state index is 5.04. The van der Waals surface area contributed by atoms with Crippen LogP contribution in [0.4, 0.5) is 0 Å². The van der Waals surface area contributed by atoms with Crippen molar-refractivity contribution in [2.75, 3.05) is 13.2 Å². The Balaban J connectivity index is 1.90. The molecule has 2 atom stereocenters. The van der Waals surface area contributed by atoms with Crippen LogP contribution in [0.3, 0.4) is 0 Å².